The van der Waals surface area contributed by atoms with E-state index in [0.717, 1.165) is 64.9 Å². The van der Waals surface area contributed by atoms with Gasteiger partial charge in [0, 0.05) is 62.7 Å². The summed E-state index contributed by atoms with van der Waals surface area (Å²) in [6.45, 7) is 26.1. The summed E-state index contributed by atoms with van der Waals surface area (Å²) in [5.74, 6) is 0.774. The zero-order valence-electron chi connectivity index (χ0n) is 51.4. The van der Waals surface area contributed by atoms with E-state index < -0.39 is 25.4 Å². The summed E-state index contributed by atoms with van der Waals surface area (Å²) in [5, 5.41) is 31.3. The van der Waals surface area contributed by atoms with Crippen molar-refractivity contribution in [2.75, 3.05) is 6.61 Å². The molecule has 2 aromatic heterocycles. The molecule has 25 heteroatoms. The topological polar surface area (TPSA) is 226 Å². The van der Waals surface area contributed by atoms with Gasteiger partial charge in [0.1, 0.15) is 11.5 Å². The van der Waals surface area contributed by atoms with Gasteiger partial charge < -0.3 is 51.2 Å². The standard InChI is InChI=1S/C22H22N2O2.C17H16BrNO.C16H13BrO3.C5H8BNO3.C3H9N.CN.B.4ClH.Na.Ti/c1-13(2)24-21(16-8-6-5-7-9-16)19-12-17(10-11-18(19)22(24)25)20-14(3)23-26-15(20)4;1-11(2)19-16(12-6-4-3-5-7-12)15-10-13(18)8-9-14(15)17(19)20;1-2-20-16(19)13-9-8-12(17)10-14(13)15(18)11-6-4-3-5-7-11;1-3-5(6(8)9)4(2)10-7-3;1-3(2)4;1-2;;;;;;;/h5-13,21H,1-4H3;3-11,16H,1-2H3;3-10H,2H2,1H3;8-9H,1-2H3;3H,4H2,1-2H3;;;4*1H;;/q;;;;;-1;;;;;;+1;+4/p-4. The normalized spacial score (nSPS) is 13.3. The summed E-state index contributed by atoms with van der Waals surface area (Å²) >= 11 is 3.72. The molecule has 3 radical (unpaired) electrons. The Morgan fingerprint density at radius 2 is 1.07 bits per heavy atom. The summed E-state index contributed by atoms with van der Waals surface area (Å²) in [6.07, 6.45) is 0. The van der Waals surface area contributed by atoms with Gasteiger partial charge in [-0.25, -0.2) is 4.79 Å². The Hall–Kier alpha value is -4.85. The first-order valence-corrected chi connectivity index (χ1v) is 37.5. The number of carbonyl (C=O) groups excluding carboxylic acids is 4. The van der Waals surface area contributed by atoms with E-state index in [9.17, 15) is 19.2 Å². The summed E-state index contributed by atoms with van der Waals surface area (Å²) in [7, 11) is 18.6. The van der Waals surface area contributed by atoms with Gasteiger partial charge in [-0.05, 0) is 145 Å². The number of hydrogen-bond acceptors (Lipinski definition) is 13. The van der Waals surface area contributed by atoms with Gasteiger partial charge in [0.15, 0.2) is 5.78 Å². The monoisotopic (exact) mass is 1460 g/mol. The predicted octanol–water partition coefficient (Wildman–Crippen LogP) is 12.0. The molecular weight excluding hydrogens is 1390 g/mol. The summed E-state index contributed by atoms with van der Waals surface area (Å²) in [5.41, 5.74) is 16.1. The number of hydrogen-bond donors (Lipinski definition) is 3. The SMILES string of the molecule is CC(C)N.CC(C)N1C(=O)c2ccc(Br)cc2C1c1ccccc1.CCOC(=O)c1ccc(Br)cc1C(=O)c1ccccc1.Cc1noc(C)c1-c1ccc2c(c1)C(c1ccccc1)N(C(C)C)C2=O.Cc1noc(C)c1B(O)O.[B].[C-]#N.[Cl][Ti]([Cl])([Cl])[Cl].[Na+]. The van der Waals surface area contributed by atoms with Crippen LogP contribution in [0.5, 0.6) is 0 Å². The molecule has 6 aromatic carbocycles. The van der Waals surface area contributed by atoms with Crippen molar-refractivity contribution in [3.05, 3.63) is 234 Å². The Morgan fingerprint density at radius 3 is 1.46 bits per heavy atom. The van der Waals surface area contributed by atoms with Crippen molar-refractivity contribution in [1.82, 2.24) is 20.1 Å². The summed E-state index contributed by atoms with van der Waals surface area (Å²) in [6, 6.07) is 46.8. The number of nitrogens with zero attached hydrogens (tertiary/aromatic N) is 5. The average Bonchev–Trinajstić information content (AvgIpc) is 1.89. The van der Waals surface area contributed by atoms with Gasteiger partial charge in [-0.15, -0.1) is 0 Å². The van der Waals surface area contributed by atoms with E-state index in [1.54, 1.807) is 63.2 Å². The quantitative estimate of drug-likeness (QED) is 0.0502. The third-order valence-corrected chi connectivity index (χ3v) is 13.9. The van der Waals surface area contributed by atoms with Crippen LogP contribution in [-0.4, -0.2) is 94.0 Å². The summed E-state index contributed by atoms with van der Waals surface area (Å²) in [4.78, 5) is 54.0. The minimum Gasteiger partial charge on any atom is 1.00 e. The molecule has 4 N–H and O–H groups in total. The third kappa shape index (κ3) is 22.7. The Bertz CT molecular complexity index is 3560. The first-order chi connectivity index (χ1) is 41.1. The van der Waals surface area contributed by atoms with Gasteiger partial charge in [-0.1, -0.05) is 153 Å². The fourth-order valence-corrected chi connectivity index (χ4v) is 10.3. The van der Waals surface area contributed by atoms with Gasteiger partial charge in [0.05, 0.1) is 35.6 Å². The van der Waals surface area contributed by atoms with Gasteiger partial charge in [0.2, 0.25) is 0 Å². The number of amides is 2. The van der Waals surface area contributed by atoms with Crippen LogP contribution in [0.15, 0.2) is 164 Å². The first-order valence-electron chi connectivity index (χ1n) is 27.3. The molecule has 8 aromatic rings. The van der Waals surface area contributed by atoms with Crippen molar-refractivity contribution >= 4 is 114 Å². The van der Waals surface area contributed by atoms with Crippen LogP contribution in [0.1, 0.15) is 153 Å². The van der Waals surface area contributed by atoms with E-state index in [1.165, 1.54) is 0 Å². The maximum Gasteiger partial charge on any atom is 1.00 e. The predicted molar refractivity (Wildman–Crippen MR) is 354 cm³/mol. The van der Waals surface area contributed by atoms with Crippen molar-refractivity contribution < 1.29 is 84.9 Å². The van der Waals surface area contributed by atoms with Crippen LogP contribution >= 0.6 is 69.1 Å². The first kappa shape index (κ1) is 80.2. The molecule has 4 heterocycles. The zero-order chi connectivity index (χ0) is 65.0. The van der Waals surface area contributed by atoms with Crippen LogP contribution in [0.25, 0.3) is 11.1 Å². The molecule has 89 heavy (non-hydrogen) atoms. The number of fused-ring (bicyclic) bond motifs is 2. The molecule has 0 bridgehead atoms. The Labute approximate surface area is 582 Å². The molecule has 2 amide bonds. The molecule has 15 nitrogen and oxygen atoms in total. The van der Waals surface area contributed by atoms with Crippen LogP contribution in [-0.2, 0) is 17.1 Å². The molecule has 0 fully saturated rings. The Balaban J connectivity index is 0.000000391. The fraction of sp³-hybridized carbons (Fsp3) is 0.266. The van der Waals surface area contributed by atoms with Crippen molar-refractivity contribution in [1.29, 1.82) is 5.26 Å². The minimum atomic E-state index is -3.11. The summed E-state index contributed by atoms with van der Waals surface area (Å²) < 4.78 is 16.8. The van der Waals surface area contributed by atoms with Crippen LogP contribution in [0.3, 0.4) is 0 Å². The van der Waals surface area contributed by atoms with E-state index in [0.29, 0.717) is 34.1 Å². The van der Waals surface area contributed by atoms with Gasteiger partial charge >= 0.3 is 92.2 Å². The number of carbonyl (C=O) groups is 4. The molecular formula is C64H68B2Br2Cl4N6NaO9Ti. The number of halogens is 6. The Morgan fingerprint density at radius 1 is 0.663 bits per heavy atom. The van der Waals surface area contributed by atoms with Gasteiger partial charge in [-0.3, -0.25) is 14.4 Å². The molecule has 2 aliphatic rings. The molecule has 10 rings (SSSR count). The van der Waals surface area contributed by atoms with Crippen LogP contribution in [0.4, 0.5) is 0 Å². The number of aromatic nitrogens is 2. The molecule has 0 saturated carbocycles. The maximum absolute atomic E-state index is 13.0. The van der Waals surface area contributed by atoms with Crippen molar-refractivity contribution in [2.45, 2.75) is 106 Å². The second-order valence-corrected chi connectivity index (χ2v) is 37.7. The molecule has 2 atom stereocenters. The van der Waals surface area contributed by atoms with E-state index >= 15 is 0 Å². The number of nitrogens with two attached hydrogens (primary N) is 1. The third-order valence-electron chi connectivity index (χ3n) is 12.9. The molecule has 0 saturated heterocycles. The van der Waals surface area contributed by atoms with E-state index in [4.69, 9.17) is 74.1 Å². The second kappa shape index (κ2) is 38.2. The fourth-order valence-electron chi connectivity index (χ4n) is 9.51. The number of ketones is 1. The second-order valence-electron chi connectivity index (χ2n) is 20.4. The van der Waals surface area contributed by atoms with Crippen molar-refractivity contribution in [2.24, 2.45) is 5.73 Å². The zero-order valence-corrected chi connectivity index (χ0v) is 61.2. The van der Waals surface area contributed by atoms with E-state index in [-0.39, 0.29) is 91.9 Å². The van der Waals surface area contributed by atoms with Gasteiger partial charge in [0.25, 0.3) is 11.8 Å². The number of esters is 1. The van der Waals surface area contributed by atoms with E-state index in [2.05, 4.69) is 111 Å². The van der Waals surface area contributed by atoms with E-state index in [1.807, 2.05) is 104 Å². The van der Waals surface area contributed by atoms with Crippen LogP contribution in [0, 0.1) is 39.5 Å². The largest absolute Gasteiger partial charge is 1.00 e. The number of aryl methyl sites for hydroxylation is 4. The molecule has 2 aliphatic heterocycles. The number of benzene rings is 6. The average molecular weight is 1460 g/mol. The maximum atomic E-state index is 13.0. The van der Waals surface area contributed by atoms with Crippen LogP contribution in [0.2, 0.25) is 0 Å². The Kier molecular flexibility index (Phi) is 34.5. The number of ether oxygens (including phenoxy) is 1. The molecule has 0 spiro atoms. The number of rotatable bonds is 10. The molecule has 0 aliphatic carbocycles. The minimum absolute atomic E-state index is 0. The van der Waals surface area contributed by atoms with Crippen LogP contribution < -0.4 is 40.8 Å². The van der Waals surface area contributed by atoms with Crippen molar-refractivity contribution in [3.63, 3.8) is 0 Å². The van der Waals surface area contributed by atoms with Gasteiger partial charge in [-0.2, -0.15) is 0 Å². The smallest absolute Gasteiger partial charge is 1.00 e. The van der Waals surface area contributed by atoms with Crippen molar-refractivity contribution in [3.8, 4) is 11.1 Å². The molecule has 461 valence electrons. The molecule has 2 unspecified atom stereocenters.